The lowest BCUT2D eigenvalue weighted by Gasteiger charge is -2.08. The Balaban J connectivity index is 1.81. The van der Waals surface area contributed by atoms with Gasteiger partial charge >= 0.3 is 0 Å². The van der Waals surface area contributed by atoms with Crippen molar-refractivity contribution in [3.05, 3.63) is 69.9 Å². The molecule has 0 aliphatic carbocycles. The molecule has 0 aliphatic heterocycles. The minimum atomic E-state index is 0.382. The fourth-order valence-electron chi connectivity index (χ4n) is 1.96. The first kappa shape index (κ1) is 14.9. The lowest BCUT2D eigenvalue weighted by molar-refractivity contribution is 1.07. The number of hydrogen-bond donors (Lipinski definition) is 1. The number of hydrogen-bond acceptors (Lipinski definition) is 4. The molecule has 4 nitrogen and oxygen atoms in total. The van der Waals surface area contributed by atoms with Gasteiger partial charge in [-0.1, -0.05) is 45.7 Å². The molecule has 0 aliphatic rings. The van der Waals surface area contributed by atoms with Crippen molar-refractivity contribution >= 4 is 33.3 Å². The lowest BCUT2D eigenvalue weighted by atomic mass is 10.2. The number of nitrogens with zero attached hydrogens (tertiary/aromatic N) is 3. The summed E-state index contributed by atoms with van der Waals surface area (Å²) in [5, 5.41) is 3.64. The molecule has 2 aromatic heterocycles. The average molecular weight is 376 g/mol. The quantitative estimate of drug-likeness (QED) is 0.679. The van der Waals surface area contributed by atoms with E-state index in [0.717, 1.165) is 10.0 Å². The topological polar surface area (TPSA) is 50.7 Å². The third-order valence-electron chi connectivity index (χ3n) is 2.95. The SMILES string of the molecule is Clc1cc(NCc2cccc(Br)c2)nc(-c2ccccn2)n1. The van der Waals surface area contributed by atoms with Gasteiger partial charge in [0.1, 0.15) is 16.7 Å². The number of halogens is 2. The second-order valence-corrected chi connectivity index (χ2v) is 5.90. The fraction of sp³-hybridized carbons (Fsp3) is 0.0625. The molecule has 6 heteroatoms. The van der Waals surface area contributed by atoms with Crippen LogP contribution >= 0.6 is 27.5 Å². The summed E-state index contributed by atoms with van der Waals surface area (Å²) in [4.78, 5) is 12.9. The van der Waals surface area contributed by atoms with Crippen LogP contribution < -0.4 is 5.32 Å². The Kier molecular flexibility index (Phi) is 4.65. The predicted molar refractivity (Wildman–Crippen MR) is 91.7 cm³/mol. The molecule has 1 N–H and O–H groups in total. The van der Waals surface area contributed by atoms with Crippen LogP contribution in [0, 0.1) is 0 Å². The maximum absolute atomic E-state index is 6.08. The average Bonchev–Trinajstić information content (AvgIpc) is 2.53. The summed E-state index contributed by atoms with van der Waals surface area (Å²) < 4.78 is 1.04. The van der Waals surface area contributed by atoms with Gasteiger partial charge in [0.2, 0.25) is 0 Å². The maximum atomic E-state index is 6.08. The van der Waals surface area contributed by atoms with E-state index in [1.54, 1.807) is 12.3 Å². The van der Waals surface area contributed by atoms with Gasteiger partial charge in [0, 0.05) is 23.3 Å². The molecule has 0 fully saturated rings. The normalized spacial score (nSPS) is 10.5. The zero-order valence-electron chi connectivity index (χ0n) is 11.5. The summed E-state index contributed by atoms with van der Waals surface area (Å²) in [5.41, 5.74) is 1.83. The van der Waals surface area contributed by atoms with E-state index in [-0.39, 0.29) is 0 Å². The van der Waals surface area contributed by atoms with Crippen LogP contribution in [0.1, 0.15) is 5.56 Å². The van der Waals surface area contributed by atoms with E-state index >= 15 is 0 Å². The minimum absolute atomic E-state index is 0.382. The van der Waals surface area contributed by atoms with Crippen LogP contribution in [0.15, 0.2) is 59.2 Å². The van der Waals surface area contributed by atoms with Crippen LogP contribution in [-0.4, -0.2) is 15.0 Å². The monoisotopic (exact) mass is 374 g/mol. The van der Waals surface area contributed by atoms with Crippen molar-refractivity contribution in [3.63, 3.8) is 0 Å². The molecule has 0 radical (unpaired) electrons. The highest BCUT2D eigenvalue weighted by molar-refractivity contribution is 9.10. The van der Waals surface area contributed by atoms with Gasteiger partial charge in [-0.25, -0.2) is 9.97 Å². The number of rotatable bonds is 4. The first-order valence-corrected chi connectivity index (χ1v) is 7.82. The first-order chi connectivity index (χ1) is 10.7. The third kappa shape index (κ3) is 3.81. The Morgan fingerprint density at radius 1 is 1.05 bits per heavy atom. The molecule has 0 bridgehead atoms. The van der Waals surface area contributed by atoms with Crippen LogP contribution in [0.4, 0.5) is 5.82 Å². The standard InChI is InChI=1S/C16H12BrClN4/c17-12-5-3-4-11(8-12)10-20-15-9-14(18)21-16(22-15)13-6-1-2-7-19-13/h1-9H,10H2,(H,20,21,22). The van der Waals surface area contributed by atoms with Crippen LogP contribution in [0.25, 0.3) is 11.5 Å². The van der Waals surface area contributed by atoms with E-state index in [4.69, 9.17) is 11.6 Å². The highest BCUT2D eigenvalue weighted by atomic mass is 79.9. The Bertz CT molecular complexity index is 780. The molecular formula is C16H12BrClN4. The largest absolute Gasteiger partial charge is 0.366 e. The van der Waals surface area contributed by atoms with Gasteiger partial charge in [-0.15, -0.1) is 0 Å². The molecule has 0 unspecified atom stereocenters. The van der Waals surface area contributed by atoms with Crippen LogP contribution in [0.5, 0.6) is 0 Å². The van der Waals surface area contributed by atoms with E-state index in [1.165, 1.54) is 0 Å². The Hall–Kier alpha value is -1.98. The Morgan fingerprint density at radius 3 is 2.73 bits per heavy atom. The Morgan fingerprint density at radius 2 is 1.95 bits per heavy atom. The van der Waals surface area contributed by atoms with Crippen molar-refractivity contribution in [2.24, 2.45) is 0 Å². The summed E-state index contributed by atoms with van der Waals surface area (Å²) >= 11 is 9.54. The van der Waals surface area contributed by atoms with Crippen molar-refractivity contribution in [1.82, 2.24) is 15.0 Å². The van der Waals surface area contributed by atoms with Crippen LogP contribution in [-0.2, 0) is 6.54 Å². The molecule has 110 valence electrons. The lowest BCUT2D eigenvalue weighted by Crippen LogP contribution is -2.03. The van der Waals surface area contributed by atoms with Crippen molar-refractivity contribution in [1.29, 1.82) is 0 Å². The summed E-state index contributed by atoms with van der Waals surface area (Å²) in [6.45, 7) is 0.647. The second kappa shape index (κ2) is 6.85. The van der Waals surface area contributed by atoms with Gasteiger partial charge in [0.05, 0.1) is 0 Å². The Labute approximate surface area is 141 Å². The molecule has 0 amide bonds. The maximum Gasteiger partial charge on any atom is 0.181 e. The summed E-state index contributed by atoms with van der Waals surface area (Å²) in [7, 11) is 0. The van der Waals surface area contributed by atoms with E-state index < -0.39 is 0 Å². The van der Waals surface area contributed by atoms with Crippen LogP contribution in [0.2, 0.25) is 5.15 Å². The zero-order valence-corrected chi connectivity index (χ0v) is 13.8. The molecular weight excluding hydrogens is 364 g/mol. The molecule has 0 spiro atoms. The molecule has 2 heterocycles. The van der Waals surface area contributed by atoms with Gasteiger partial charge < -0.3 is 5.32 Å². The number of benzene rings is 1. The smallest absolute Gasteiger partial charge is 0.181 e. The second-order valence-electron chi connectivity index (χ2n) is 4.60. The molecule has 0 saturated carbocycles. The molecule has 0 atom stereocenters. The van der Waals surface area contributed by atoms with E-state index in [2.05, 4.69) is 42.3 Å². The summed E-state index contributed by atoms with van der Waals surface area (Å²) in [6, 6.07) is 15.4. The van der Waals surface area contributed by atoms with Gasteiger partial charge in [0.15, 0.2) is 5.82 Å². The number of aromatic nitrogens is 3. The van der Waals surface area contributed by atoms with E-state index in [1.807, 2.05) is 36.4 Å². The molecule has 1 aromatic carbocycles. The van der Waals surface area contributed by atoms with Crippen LogP contribution in [0.3, 0.4) is 0 Å². The van der Waals surface area contributed by atoms with Gasteiger partial charge in [-0.3, -0.25) is 4.98 Å². The van der Waals surface area contributed by atoms with Gasteiger partial charge in [-0.05, 0) is 29.8 Å². The van der Waals surface area contributed by atoms with Crippen molar-refractivity contribution in [2.45, 2.75) is 6.54 Å². The van der Waals surface area contributed by atoms with Gasteiger partial charge in [0.25, 0.3) is 0 Å². The molecule has 22 heavy (non-hydrogen) atoms. The highest BCUT2D eigenvalue weighted by Gasteiger charge is 2.06. The molecule has 3 rings (SSSR count). The summed E-state index contributed by atoms with van der Waals surface area (Å²) in [6.07, 6.45) is 1.70. The molecule has 3 aromatic rings. The number of pyridine rings is 1. The van der Waals surface area contributed by atoms with E-state index in [0.29, 0.717) is 29.0 Å². The third-order valence-corrected chi connectivity index (χ3v) is 3.64. The number of anilines is 1. The van der Waals surface area contributed by atoms with Crippen molar-refractivity contribution < 1.29 is 0 Å². The van der Waals surface area contributed by atoms with Crippen molar-refractivity contribution in [2.75, 3.05) is 5.32 Å². The number of nitrogens with one attached hydrogen (secondary N) is 1. The molecule has 0 saturated heterocycles. The van der Waals surface area contributed by atoms with Crippen molar-refractivity contribution in [3.8, 4) is 11.5 Å². The summed E-state index contributed by atoms with van der Waals surface area (Å²) in [5.74, 6) is 1.17. The highest BCUT2D eigenvalue weighted by Crippen LogP contribution is 2.19. The minimum Gasteiger partial charge on any atom is -0.366 e. The van der Waals surface area contributed by atoms with E-state index in [9.17, 15) is 0 Å². The fourth-order valence-corrected chi connectivity index (χ4v) is 2.59. The first-order valence-electron chi connectivity index (χ1n) is 6.65. The zero-order chi connectivity index (χ0) is 15.4. The van der Waals surface area contributed by atoms with Gasteiger partial charge in [-0.2, -0.15) is 0 Å². The predicted octanol–water partition coefficient (Wildman–Crippen LogP) is 4.57.